The van der Waals surface area contributed by atoms with Crippen molar-refractivity contribution in [3.63, 3.8) is 0 Å². The third-order valence-electron chi connectivity index (χ3n) is 3.07. The maximum atomic E-state index is 13.2. The highest BCUT2D eigenvalue weighted by Crippen LogP contribution is 2.42. The molecule has 0 radical (unpaired) electrons. The molecule has 0 saturated carbocycles. The Kier molecular flexibility index (Phi) is 3.43. The monoisotopic (exact) mass is 284 g/mol. The molecule has 0 unspecified atom stereocenters. The molecule has 3 nitrogen and oxygen atoms in total. The van der Waals surface area contributed by atoms with Crippen LogP contribution in [0.2, 0.25) is 0 Å². The summed E-state index contributed by atoms with van der Waals surface area (Å²) in [5, 5.41) is 10.6. The molecule has 0 saturated heterocycles. The van der Waals surface area contributed by atoms with E-state index < -0.39 is 23.3 Å². The van der Waals surface area contributed by atoms with E-state index in [0.717, 1.165) is 13.2 Å². The summed E-state index contributed by atoms with van der Waals surface area (Å²) < 4.78 is 43.7. The van der Waals surface area contributed by atoms with Crippen LogP contribution in [0, 0.1) is 0 Å². The van der Waals surface area contributed by atoms with Crippen LogP contribution in [0.5, 0.6) is 0 Å². The van der Waals surface area contributed by atoms with Crippen LogP contribution < -0.4 is 0 Å². The minimum atomic E-state index is -5.19. The van der Waals surface area contributed by atoms with Crippen LogP contribution in [0.25, 0.3) is 10.8 Å². The summed E-state index contributed by atoms with van der Waals surface area (Å²) >= 11 is 0. The number of benzene rings is 2. The van der Waals surface area contributed by atoms with Gasteiger partial charge in [-0.15, -0.1) is 0 Å². The van der Waals surface area contributed by atoms with Crippen LogP contribution in [0.4, 0.5) is 13.2 Å². The van der Waals surface area contributed by atoms with Gasteiger partial charge < -0.3 is 9.84 Å². The standard InChI is InChI=1S/C14H11F3O3/c1-20-12(18)13(19,14(15,16)17)11-8-4-6-9-5-2-3-7-10(9)11/h2-8,19H,1H3/t13-/m1/s1. The second-order valence-electron chi connectivity index (χ2n) is 4.23. The van der Waals surface area contributed by atoms with Gasteiger partial charge in [0.25, 0.3) is 5.60 Å². The summed E-state index contributed by atoms with van der Waals surface area (Å²) in [6.45, 7) is 0. The number of methoxy groups -OCH3 is 1. The highest BCUT2D eigenvalue weighted by molar-refractivity contribution is 5.93. The molecule has 0 aliphatic heterocycles. The lowest BCUT2D eigenvalue weighted by atomic mass is 9.88. The Morgan fingerprint density at radius 1 is 1.10 bits per heavy atom. The first-order valence-corrected chi connectivity index (χ1v) is 5.68. The Balaban J connectivity index is 2.80. The molecule has 0 spiro atoms. The van der Waals surface area contributed by atoms with Gasteiger partial charge >= 0.3 is 12.1 Å². The maximum Gasteiger partial charge on any atom is 0.432 e. The molecule has 1 atom stereocenters. The fraction of sp³-hybridized carbons (Fsp3) is 0.214. The number of fused-ring (bicyclic) bond motifs is 1. The van der Waals surface area contributed by atoms with Crippen LogP contribution in [0.15, 0.2) is 42.5 Å². The van der Waals surface area contributed by atoms with Gasteiger partial charge in [0.05, 0.1) is 7.11 Å². The third-order valence-corrected chi connectivity index (χ3v) is 3.07. The molecule has 1 N–H and O–H groups in total. The zero-order valence-electron chi connectivity index (χ0n) is 10.4. The van der Waals surface area contributed by atoms with Crippen LogP contribution >= 0.6 is 0 Å². The van der Waals surface area contributed by atoms with Crippen molar-refractivity contribution in [2.75, 3.05) is 7.11 Å². The Labute approximate surface area is 112 Å². The van der Waals surface area contributed by atoms with E-state index in [9.17, 15) is 23.1 Å². The predicted octanol–water partition coefficient (Wildman–Crippen LogP) is 2.76. The van der Waals surface area contributed by atoms with Gasteiger partial charge in [0.1, 0.15) is 0 Å². The Morgan fingerprint density at radius 2 is 1.70 bits per heavy atom. The van der Waals surface area contributed by atoms with E-state index in [1.165, 1.54) is 18.2 Å². The Bertz CT molecular complexity index is 646. The van der Waals surface area contributed by atoms with Crippen LogP contribution in [-0.2, 0) is 15.1 Å². The topological polar surface area (TPSA) is 46.5 Å². The molecule has 0 aliphatic rings. The van der Waals surface area contributed by atoms with Gasteiger partial charge in [0.15, 0.2) is 0 Å². The summed E-state index contributed by atoms with van der Waals surface area (Å²) in [7, 11) is 0.796. The number of alkyl halides is 3. The second-order valence-corrected chi connectivity index (χ2v) is 4.23. The average molecular weight is 284 g/mol. The first-order chi connectivity index (χ1) is 9.32. The van der Waals surface area contributed by atoms with Crippen molar-refractivity contribution in [1.82, 2.24) is 0 Å². The van der Waals surface area contributed by atoms with Crippen LogP contribution in [0.1, 0.15) is 5.56 Å². The Hall–Kier alpha value is -2.08. The lowest BCUT2D eigenvalue weighted by molar-refractivity contribution is -0.266. The van der Waals surface area contributed by atoms with Gasteiger partial charge in [-0.3, -0.25) is 0 Å². The highest BCUT2D eigenvalue weighted by Gasteiger charge is 2.62. The van der Waals surface area contributed by atoms with Crippen molar-refractivity contribution < 1.29 is 27.8 Å². The van der Waals surface area contributed by atoms with Crippen molar-refractivity contribution in [2.24, 2.45) is 0 Å². The first kappa shape index (κ1) is 14.3. The largest absolute Gasteiger partial charge is 0.466 e. The molecule has 2 aromatic rings. The number of halogens is 3. The molecule has 6 heteroatoms. The molecule has 0 aliphatic carbocycles. The second kappa shape index (κ2) is 4.79. The summed E-state index contributed by atoms with van der Waals surface area (Å²) in [6, 6.07) is 10.2. The molecular weight excluding hydrogens is 273 g/mol. The molecule has 20 heavy (non-hydrogen) atoms. The predicted molar refractivity (Wildman–Crippen MR) is 65.9 cm³/mol. The van der Waals surface area contributed by atoms with Crippen LogP contribution in [-0.4, -0.2) is 24.4 Å². The van der Waals surface area contributed by atoms with E-state index in [-0.39, 0.29) is 5.39 Å². The number of hydrogen-bond acceptors (Lipinski definition) is 3. The van der Waals surface area contributed by atoms with Crippen molar-refractivity contribution >= 4 is 16.7 Å². The van der Waals surface area contributed by atoms with Gasteiger partial charge in [-0.1, -0.05) is 42.5 Å². The highest BCUT2D eigenvalue weighted by atomic mass is 19.4. The minimum Gasteiger partial charge on any atom is -0.466 e. The zero-order valence-corrected chi connectivity index (χ0v) is 10.4. The number of ether oxygens (including phenoxy) is 1. The summed E-state index contributed by atoms with van der Waals surface area (Å²) in [5.74, 6) is -1.76. The molecule has 0 fully saturated rings. The van der Waals surface area contributed by atoms with E-state index in [4.69, 9.17) is 0 Å². The number of rotatable bonds is 2. The molecule has 0 heterocycles. The van der Waals surface area contributed by atoms with Gasteiger partial charge in [0, 0.05) is 5.56 Å². The lowest BCUT2D eigenvalue weighted by Gasteiger charge is -2.29. The van der Waals surface area contributed by atoms with Gasteiger partial charge in [-0.2, -0.15) is 13.2 Å². The van der Waals surface area contributed by atoms with E-state index in [2.05, 4.69) is 4.74 Å². The number of aliphatic hydroxyl groups is 1. The minimum absolute atomic E-state index is 0.139. The normalized spacial score (nSPS) is 14.8. The number of carbonyl (C=O) groups is 1. The Morgan fingerprint density at radius 3 is 2.30 bits per heavy atom. The number of hydrogen-bond donors (Lipinski definition) is 1. The fourth-order valence-electron chi connectivity index (χ4n) is 2.07. The molecular formula is C14H11F3O3. The summed E-state index contributed by atoms with van der Waals surface area (Å²) in [6.07, 6.45) is -5.19. The summed E-state index contributed by atoms with van der Waals surface area (Å²) in [5.41, 5.74) is -4.24. The van der Waals surface area contributed by atoms with Gasteiger partial charge in [0.2, 0.25) is 0 Å². The average Bonchev–Trinajstić information content (AvgIpc) is 2.43. The van der Waals surface area contributed by atoms with Crippen molar-refractivity contribution in [2.45, 2.75) is 11.8 Å². The van der Waals surface area contributed by atoms with Crippen molar-refractivity contribution in [1.29, 1.82) is 0 Å². The van der Waals surface area contributed by atoms with Gasteiger partial charge in [-0.25, -0.2) is 4.79 Å². The molecule has 0 aromatic heterocycles. The molecule has 0 bridgehead atoms. The smallest absolute Gasteiger partial charge is 0.432 e. The van der Waals surface area contributed by atoms with Crippen LogP contribution in [0.3, 0.4) is 0 Å². The van der Waals surface area contributed by atoms with E-state index in [0.29, 0.717) is 5.39 Å². The third kappa shape index (κ3) is 2.02. The SMILES string of the molecule is COC(=O)[C@](O)(c1cccc2ccccc12)C(F)(F)F. The van der Waals surface area contributed by atoms with E-state index in [1.807, 2.05) is 0 Å². The maximum absolute atomic E-state index is 13.2. The quantitative estimate of drug-likeness (QED) is 0.863. The van der Waals surface area contributed by atoms with E-state index in [1.54, 1.807) is 18.2 Å². The first-order valence-electron chi connectivity index (χ1n) is 5.68. The van der Waals surface area contributed by atoms with Gasteiger partial charge in [-0.05, 0) is 10.8 Å². The fourth-order valence-corrected chi connectivity index (χ4v) is 2.07. The molecule has 2 aromatic carbocycles. The lowest BCUT2D eigenvalue weighted by Crippen LogP contribution is -2.50. The number of carbonyl (C=O) groups excluding carboxylic acids is 1. The van der Waals surface area contributed by atoms with E-state index >= 15 is 0 Å². The molecule has 106 valence electrons. The zero-order chi connectivity index (χ0) is 15.0. The van der Waals surface area contributed by atoms with Crippen molar-refractivity contribution in [3.05, 3.63) is 48.0 Å². The summed E-state index contributed by atoms with van der Waals surface area (Å²) in [4.78, 5) is 11.5. The molecule has 0 amide bonds. The number of esters is 1. The molecule has 2 rings (SSSR count). The van der Waals surface area contributed by atoms with Crippen molar-refractivity contribution in [3.8, 4) is 0 Å².